The molecule has 16 heavy (non-hydrogen) atoms. The lowest BCUT2D eigenvalue weighted by molar-refractivity contribution is 0.133. The summed E-state index contributed by atoms with van der Waals surface area (Å²) < 4.78 is 4.92. The van der Waals surface area contributed by atoms with Gasteiger partial charge in [-0.3, -0.25) is 0 Å². The number of carbonyl (C=O) groups is 1. The number of nitrogens with one attached hydrogen (secondary N) is 1. The van der Waals surface area contributed by atoms with Gasteiger partial charge in [0.2, 0.25) is 0 Å². The van der Waals surface area contributed by atoms with Crippen molar-refractivity contribution in [2.24, 2.45) is 5.73 Å². The number of nitrogens with two attached hydrogens (primary N) is 1. The van der Waals surface area contributed by atoms with Crippen molar-refractivity contribution in [3.05, 3.63) is 35.9 Å². The lowest BCUT2D eigenvalue weighted by atomic mass is 10.2. The van der Waals surface area contributed by atoms with Gasteiger partial charge in [-0.2, -0.15) is 0 Å². The molecule has 0 saturated carbocycles. The van der Waals surface area contributed by atoms with Crippen LogP contribution < -0.4 is 11.1 Å². The Bertz CT molecular complexity index is 368. The van der Waals surface area contributed by atoms with E-state index in [4.69, 9.17) is 10.5 Å². The van der Waals surface area contributed by atoms with Gasteiger partial charge in [-0.05, 0) is 12.5 Å². The average Bonchev–Trinajstić information content (AvgIpc) is 2.27. The third-order valence-corrected chi connectivity index (χ3v) is 2.30. The number of benzene rings is 1. The molecule has 0 fully saturated rings. The molecule has 0 bridgehead atoms. The fourth-order valence-electron chi connectivity index (χ4n) is 1.03. The lowest BCUT2D eigenvalue weighted by Gasteiger charge is -2.12. The molecule has 1 atom stereocenters. The van der Waals surface area contributed by atoms with Gasteiger partial charge in [-0.25, -0.2) is 4.79 Å². The summed E-state index contributed by atoms with van der Waals surface area (Å²) in [5, 5.41) is 2.61. The molecular formula is C11H14N2O2S. The maximum Gasteiger partial charge on any atom is 0.408 e. The average molecular weight is 238 g/mol. The van der Waals surface area contributed by atoms with E-state index in [9.17, 15) is 4.79 Å². The highest BCUT2D eigenvalue weighted by molar-refractivity contribution is 7.80. The number of amides is 1. The Morgan fingerprint density at radius 3 is 2.69 bits per heavy atom. The van der Waals surface area contributed by atoms with Crippen molar-refractivity contribution in [1.82, 2.24) is 5.32 Å². The molecule has 1 amide bonds. The Kier molecular flexibility index (Phi) is 4.72. The Morgan fingerprint density at radius 1 is 1.50 bits per heavy atom. The Balaban J connectivity index is 2.33. The SMILES string of the molecule is C[C@H](OC(=O)NCc1ccccc1)C(N)=S. The first-order valence-corrected chi connectivity index (χ1v) is 5.28. The summed E-state index contributed by atoms with van der Waals surface area (Å²) in [4.78, 5) is 11.4. The second-order valence-corrected chi connectivity index (χ2v) is 3.76. The van der Waals surface area contributed by atoms with Gasteiger partial charge < -0.3 is 15.8 Å². The molecule has 0 spiro atoms. The molecule has 0 heterocycles. The number of ether oxygens (including phenoxy) is 1. The van der Waals surface area contributed by atoms with Gasteiger partial charge in [0, 0.05) is 6.54 Å². The van der Waals surface area contributed by atoms with Crippen LogP contribution in [0, 0.1) is 0 Å². The molecule has 86 valence electrons. The van der Waals surface area contributed by atoms with Gasteiger partial charge in [0.25, 0.3) is 0 Å². The number of carbonyl (C=O) groups excluding carboxylic acids is 1. The molecular weight excluding hydrogens is 224 g/mol. The monoisotopic (exact) mass is 238 g/mol. The lowest BCUT2D eigenvalue weighted by Crippen LogP contribution is -2.33. The van der Waals surface area contributed by atoms with Gasteiger partial charge >= 0.3 is 6.09 Å². The van der Waals surface area contributed by atoms with Crippen LogP contribution in [0.25, 0.3) is 0 Å². The van der Waals surface area contributed by atoms with E-state index in [2.05, 4.69) is 17.5 Å². The topological polar surface area (TPSA) is 64.3 Å². The first kappa shape index (κ1) is 12.4. The fraction of sp³-hybridized carbons (Fsp3) is 0.273. The maximum absolute atomic E-state index is 11.3. The third-order valence-electron chi connectivity index (χ3n) is 1.96. The van der Waals surface area contributed by atoms with E-state index in [0.717, 1.165) is 5.56 Å². The molecule has 0 aliphatic rings. The molecule has 1 aromatic rings. The zero-order valence-electron chi connectivity index (χ0n) is 8.97. The number of hydrogen-bond acceptors (Lipinski definition) is 3. The predicted octanol–water partition coefficient (Wildman–Crippen LogP) is 1.59. The van der Waals surface area contributed by atoms with Crippen LogP contribution in [0.3, 0.4) is 0 Å². The zero-order chi connectivity index (χ0) is 12.0. The molecule has 5 heteroatoms. The van der Waals surface area contributed by atoms with Gasteiger partial charge in [0.05, 0.1) is 0 Å². The number of rotatable bonds is 4. The summed E-state index contributed by atoms with van der Waals surface area (Å²) in [6.07, 6.45) is -1.07. The van der Waals surface area contributed by atoms with Crippen LogP contribution in [-0.2, 0) is 11.3 Å². The highest BCUT2D eigenvalue weighted by Gasteiger charge is 2.10. The molecule has 0 unspecified atom stereocenters. The van der Waals surface area contributed by atoms with Crippen LogP contribution >= 0.6 is 12.2 Å². The molecule has 0 saturated heterocycles. The van der Waals surface area contributed by atoms with Crippen molar-refractivity contribution in [2.45, 2.75) is 19.6 Å². The smallest absolute Gasteiger partial charge is 0.408 e. The van der Waals surface area contributed by atoms with Crippen molar-refractivity contribution >= 4 is 23.3 Å². The molecule has 1 aromatic carbocycles. The fourth-order valence-corrected chi connectivity index (χ4v) is 1.08. The first-order chi connectivity index (χ1) is 7.59. The summed E-state index contributed by atoms with van der Waals surface area (Å²) in [5.41, 5.74) is 6.32. The molecule has 0 aromatic heterocycles. The molecule has 1 rings (SSSR count). The summed E-state index contributed by atoms with van der Waals surface area (Å²) in [7, 11) is 0. The zero-order valence-corrected chi connectivity index (χ0v) is 9.79. The van der Waals surface area contributed by atoms with Crippen LogP contribution in [0.1, 0.15) is 12.5 Å². The second kappa shape index (κ2) is 6.07. The van der Waals surface area contributed by atoms with Crippen molar-refractivity contribution in [1.29, 1.82) is 0 Å². The van der Waals surface area contributed by atoms with Crippen molar-refractivity contribution in [3.63, 3.8) is 0 Å². The minimum atomic E-state index is -0.550. The molecule has 3 N–H and O–H groups in total. The van der Waals surface area contributed by atoms with E-state index in [0.29, 0.717) is 6.54 Å². The standard InChI is InChI=1S/C11H14N2O2S/c1-8(10(12)16)15-11(14)13-7-9-5-3-2-4-6-9/h2-6,8H,7H2,1H3,(H2,12,16)(H,13,14)/t8-/m0/s1. The van der Waals surface area contributed by atoms with Gasteiger partial charge in [-0.15, -0.1) is 0 Å². The maximum atomic E-state index is 11.3. The minimum Gasteiger partial charge on any atom is -0.439 e. The van der Waals surface area contributed by atoms with E-state index < -0.39 is 12.2 Å². The summed E-state index contributed by atoms with van der Waals surface area (Å²) >= 11 is 4.69. The van der Waals surface area contributed by atoms with Crippen LogP contribution in [0.2, 0.25) is 0 Å². The largest absolute Gasteiger partial charge is 0.439 e. The number of thiocarbonyl (C=S) groups is 1. The van der Waals surface area contributed by atoms with E-state index >= 15 is 0 Å². The summed E-state index contributed by atoms with van der Waals surface area (Å²) in [6, 6.07) is 9.55. The van der Waals surface area contributed by atoms with Gasteiger partial charge in [0.15, 0.2) is 6.10 Å². The number of alkyl carbamates (subject to hydrolysis) is 1. The van der Waals surface area contributed by atoms with Crippen molar-refractivity contribution < 1.29 is 9.53 Å². The Hall–Kier alpha value is -1.62. The van der Waals surface area contributed by atoms with Crippen molar-refractivity contribution in [3.8, 4) is 0 Å². The van der Waals surface area contributed by atoms with Gasteiger partial charge in [-0.1, -0.05) is 42.5 Å². The quantitative estimate of drug-likeness (QED) is 0.782. The number of hydrogen-bond donors (Lipinski definition) is 2. The van der Waals surface area contributed by atoms with Crippen LogP contribution in [-0.4, -0.2) is 17.2 Å². The van der Waals surface area contributed by atoms with E-state index in [-0.39, 0.29) is 4.99 Å². The molecule has 0 radical (unpaired) electrons. The normalized spacial score (nSPS) is 11.6. The predicted molar refractivity (Wildman–Crippen MR) is 66.0 cm³/mol. The van der Waals surface area contributed by atoms with E-state index in [1.807, 2.05) is 30.3 Å². The minimum absolute atomic E-state index is 0.162. The highest BCUT2D eigenvalue weighted by Crippen LogP contribution is 1.98. The molecule has 4 nitrogen and oxygen atoms in total. The second-order valence-electron chi connectivity index (χ2n) is 3.29. The van der Waals surface area contributed by atoms with Crippen LogP contribution in [0.5, 0.6) is 0 Å². The van der Waals surface area contributed by atoms with Crippen LogP contribution in [0.15, 0.2) is 30.3 Å². The third kappa shape index (κ3) is 4.27. The summed E-state index contributed by atoms with van der Waals surface area (Å²) in [6.45, 7) is 2.05. The Morgan fingerprint density at radius 2 is 2.12 bits per heavy atom. The van der Waals surface area contributed by atoms with Crippen molar-refractivity contribution in [2.75, 3.05) is 0 Å². The summed E-state index contributed by atoms with van der Waals surface area (Å²) in [5.74, 6) is 0. The van der Waals surface area contributed by atoms with E-state index in [1.165, 1.54) is 0 Å². The highest BCUT2D eigenvalue weighted by atomic mass is 32.1. The molecule has 0 aliphatic carbocycles. The van der Waals surface area contributed by atoms with Gasteiger partial charge in [0.1, 0.15) is 4.99 Å². The Labute approximate surface area is 99.8 Å². The van der Waals surface area contributed by atoms with Crippen LogP contribution in [0.4, 0.5) is 4.79 Å². The molecule has 0 aliphatic heterocycles. The first-order valence-electron chi connectivity index (χ1n) is 4.87. The van der Waals surface area contributed by atoms with E-state index in [1.54, 1.807) is 6.92 Å².